The van der Waals surface area contributed by atoms with Gasteiger partial charge in [-0.3, -0.25) is 0 Å². The van der Waals surface area contributed by atoms with Crippen LogP contribution in [0.4, 0.5) is 5.82 Å². The van der Waals surface area contributed by atoms with E-state index in [-0.39, 0.29) is 24.1 Å². The van der Waals surface area contributed by atoms with E-state index in [2.05, 4.69) is 5.10 Å². The number of esters is 1. The molecule has 0 spiro atoms. The quantitative estimate of drug-likeness (QED) is 0.855. The molecule has 0 amide bonds. The maximum absolute atomic E-state index is 11.8. The van der Waals surface area contributed by atoms with Crippen LogP contribution in [0.25, 0.3) is 5.69 Å². The molecule has 0 saturated carbocycles. The molecule has 1 heterocycles. The molecule has 2 rings (SSSR count). The summed E-state index contributed by atoms with van der Waals surface area (Å²) in [6.07, 6.45) is 1.42. The summed E-state index contributed by atoms with van der Waals surface area (Å²) in [5, 5.41) is 4.17. The summed E-state index contributed by atoms with van der Waals surface area (Å²) in [6.45, 7) is 5.90. The van der Waals surface area contributed by atoms with Crippen LogP contribution in [-0.4, -0.2) is 28.5 Å². The number of carbonyl (C=O) groups is 1. The zero-order valence-corrected chi connectivity index (χ0v) is 12.4. The zero-order chi connectivity index (χ0) is 15.4. The van der Waals surface area contributed by atoms with E-state index in [1.54, 1.807) is 6.92 Å². The summed E-state index contributed by atoms with van der Waals surface area (Å²) in [5.41, 5.74) is 6.94. The summed E-state index contributed by atoms with van der Waals surface area (Å²) in [6, 6.07) is 7.39. The summed E-state index contributed by atoms with van der Waals surface area (Å²) in [5.74, 6) is 0.398. The highest BCUT2D eigenvalue weighted by molar-refractivity contribution is 5.94. The first-order valence-corrected chi connectivity index (χ1v) is 6.81. The zero-order valence-electron chi connectivity index (χ0n) is 12.4. The SMILES string of the molecule is CCOC(=O)c1cnn(-c2ccccc2OC(C)C)c1N. The van der Waals surface area contributed by atoms with E-state index in [0.29, 0.717) is 11.4 Å². The van der Waals surface area contributed by atoms with Gasteiger partial charge in [0, 0.05) is 0 Å². The topological polar surface area (TPSA) is 79.4 Å². The summed E-state index contributed by atoms with van der Waals surface area (Å²) in [7, 11) is 0. The van der Waals surface area contributed by atoms with Crippen LogP contribution in [0.1, 0.15) is 31.1 Å². The monoisotopic (exact) mass is 289 g/mol. The predicted molar refractivity (Wildman–Crippen MR) is 79.7 cm³/mol. The van der Waals surface area contributed by atoms with Gasteiger partial charge >= 0.3 is 5.97 Å². The molecular weight excluding hydrogens is 270 g/mol. The number of hydrogen-bond donors (Lipinski definition) is 1. The Kier molecular flexibility index (Phi) is 4.47. The van der Waals surface area contributed by atoms with Crippen molar-refractivity contribution in [1.29, 1.82) is 0 Å². The molecule has 0 unspecified atom stereocenters. The van der Waals surface area contributed by atoms with Crippen LogP contribution < -0.4 is 10.5 Å². The Labute approximate surface area is 123 Å². The number of ether oxygens (including phenoxy) is 2. The standard InChI is InChI=1S/C15H19N3O3/c1-4-20-15(19)11-9-17-18(14(11)16)12-7-5-6-8-13(12)21-10(2)3/h5-10H,4,16H2,1-3H3. The molecule has 2 N–H and O–H groups in total. The number of benzene rings is 1. The van der Waals surface area contributed by atoms with E-state index in [1.807, 2.05) is 38.1 Å². The number of nitrogens with zero attached hydrogens (tertiary/aromatic N) is 2. The molecule has 0 aliphatic rings. The smallest absolute Gasteiger partial charge is 0.343 e. The van der Waals surface area contributed by atoms with Crippen molar-refractivity contribution in [3.8, 4) is 11.4 Å². The van der Waals surface area contributed by atoms with Gasteiger partial charge in [0.25, 0.3) is 0 Å². The van der Waals surface area contributed by atoms with Gasteiger partial charge in [0.15, 0.2) is 0 Å². The lowest BCUT2D eigenvalue weighted by atomic mass is 10.2. The molecule has 1 aromatic heterocycles. The van der Waals surface area contributed by atoms with E-state index < -0.39 is 5.97 Å². The van der Waals surface area contributed by atoms with Crippen molar-refractivity contribution in [3.63, 3.8) is 0 Å². The van der Waals surface area contributed by atoms with Crippen LogP contribution in [0.2, 0.25) is 0 Å². The fourth-order valence-corrected chi connectivity index (χ4v) is 1.90. The number of rotatable bonds is 5. The lowest BCUT2D eigenvalue weighted by molar-refractivity contribution is 0.0527. The number of hydrogen-bond acceptors (Lipinski definition) is 5. The number of aromatic nitrogens is 2. The van der Waals surface area contributed by atoms with Gasteiger partial charge in [-0.1, -0.05) is 12.1 Å². The van der Waals surface area contributed by atoms with Crippen molar-refractivity contribution in [2.45, 2.75) is 26.9 Å². The number of nitrogen functional groups attached to an aromatic ring is 1. The second-order valence-corrected chi connectivity index (χ2v) is 4.71. The third-order valence-electron chi connectivity index (χ3n) is 2.76. The minimum atomic E-state index is -0.483. The number of para-hydroxylation sites is 2. The fraction of sp³-hybridized carbons (Fsp3) is 0.333. The first-order valence-electron chi connectivity index (χ1n) is 6.81. The summed E-state index contributed by atoms with van der Waals surface area (Å²) in [4.78, 5) is 11.8. The average molecular weight is 289 g/mol. The van der Waals surface area contributed by atoms with E-state index in [0.717, 1.165) is 0 Å². The van der Waals surface area contributed by atoms with Crippen LogP contribution >= 0.6 is 0 Å². The fourth-order valence-electron chi connectivity index (χ4n) is 1.90. The third kappa shape index (κ3) is 3.16. The van der Waals surface area contributed by atoms with E-state index in [1.165, 1.54) is 10.9 Å². The minimum absolute atomic E-state index is 0.0208. The molecule has 0 radical (unpaired) electrons. The van der Waals surface area contributed by atoms with Gasteiger partial charge in [-0.2, -0.15) is 5.10 Å². The summed E-state index contributed by atoms with van der Waals surface area (Å²) < 4.78 is 12.2. The second kappa shape index (κ2) is 6.30. The Bertz CT molecular complexity index is 635. The molecule has 1 aromatic carbocycles. The molecule has 21 heavy (non-hydrogen) atoms. The van der Waals surface area contributed by atoms with E-state index >= 15 is 0 Å². The third-order valence-corrected chi connectivity index (χ3v) is 2.76. The van der Waals surface area contributed by atoms with Crippen molar-refractivity contribution in [2.24, 2.45) is 0 Å². The van der Waals surface area contributed by atoms with Gasteiger partial charge in [0.1, 0.15) is 22.8 Å². The minimum Gasteiger partial charge on any atom is -0.489 e. The van der Waals surface area contributed by atoms with E-state index in [9.17, 15) is 4.79 Å². The van der Waals surface area contributed by atoms with Gasteiger partial charge in [0.2, 0.25) is 0 Å². The van der Waals surface area contributed by atoms with Gasteiger partial charge < -0.3 is 15.2 Å². The molecule has 112 valence electrons. The van der Waals surface area contributed by atoms with Gasteiger partial charge in [-0.05, 0) is 32.9 Å². The van der Waals surface area contributed by atoms with Crippen molar-refractivity contribution in [3.05, 3.63) is 36.0 Å². The molecule has 0 aliphatic heterocycles. The van der Waals surface area contributed by atoms with Gasteiger partial charge in [-0.15, -0.1) is 0 Å². The van der Waals surface area contributed by atoms with Gasteiger partial charge in [0.05, 0.1) is 18.9 Å². The number of nitrogens with two attached hydrogens (primary N) is 1. The normalized spacial score (nSPS) is 10.7. The van der Waals surface area contributed by atoms with Crippen LogP contribution in [0, 0.1) is 0 Å². The first-order chi connectivity index (χ1) is 10.0. The lowest BCUT2D eigenvalue weighted by Crippen LogP contribution is -2.11. The van der Waals surface area contributed by atoms with Crippen LogP contribution in [-0.2, 0) is 4.74 Å². The van der Waals surface area contributed by atoms with Crippen molar-refractivity contribution in [1.82, 2.24) is 9.78 Å². The van der Waals surface area contributed by atoms with Crippen molar-refractivity contribution < 1.29 is 14.3 Å². The van der Waals surface area contributed by atoms with Crippen LogP contribution in [0.15, 0.2) is 30.5 Å². The highest BCUT2D eigenvalue weighted by atomic mass is 16.5. The lowest BCUT2D eigenvalue weighted by Gasteiger charge is -2.14. The summed E-state index contributed by atoms with van der Waals surface area (Å²) >= 11 is 0. The Morgan fingerprint density at radius 1 is 1.38 bits per heavy atom. The molecule has 0 fully saturated rings. The Hall–Kier alpha value is -2.50. The van der Waals surface area contributed by atoms with Crippen molar-refractivity contribution in [2.75, 3.05) is 12.3 Å². The maximum Gasteiger partial charge on any atom is 0.343 e. The molecular formula is C15H19N3O3. The average Bonchev–Trinajstić information content (AvgIpc) is 2.81. The Morgan fingerprint density at radius 2 is 2.10 bits per heavy atom. The molecule has 0 aliphatic carbocycles. The van der Waals surface area contributed by atoms with Crippen LogP contribution in [0.3, 0.4) is 0 Å². The number of anilines is 1. The highest BCUT2D eigenvalue weighted by Crippen LogP contribution is 2.26. The predicted octanol–water partition coefficient (Wildman–Crippen LogP) is 2.42. The van der Waals surface area contributed by atoms with E-state index in [4.69, 9.17) is 15.2 Å². The van der Waals surface area contributed by atoms with Crippen LogP contribution in [0.5, 0.6) is 5.75 Å². The second-order valence-electron chi connectivity index (χ2n) is 4.71. The molecule has 6 nitrogen and oxygen atoms in total. The molecule has 0 saturated heterocycles. The molecule has 0 bridgehead atoms. The van der Waals surface area contributed by atoms with Gasteiger partial charge in [-0.25, -0.2) is 9.48 Å². The Balaban J connectivity index is 2.42. The molecule has 2 aromatic rings. The maximum atomic E-state index is 11.8. The first kappa shape index (κ1) is 14.9. The van der Waals surface area contributed by atoms with Crippen molar-refractivity contribution >= 4 is 11.8 Å². The Morgan fingerprint density at radius 3 is 2.76 bits per heavy atom. The molecule has 0 atom stereocenters. The highest BCUT2D eigenvalue weighted by Gasteiger charge is 2.19. The number of carbonyl (C=O) groups excluding carboxylic acids is 1. The molecule has 6 heteroatoms. The largest absolute Gasteiger partial charge is 0.489 e.